The highest BCUT2D eigenvalue weighted by atomic mass is 32.2. The molecule has 0 amide bonds. The van der Waals surface area contributed by atoms with Crippen molar-refractivity contribution in [3.63, 3.8) is 0 Å². The van der Waals surface area contributed by atoms with Crippen molar-refractivity contribution in [1.29, 1.82) is 0 Å². The Morgan fingerprint density at radius 2 is 1.58 bits per heavy atom. The van der Waals surface area contributed by atoms with Crippen molar-refractivity contribution in [3.8, 4) is 5.75 Å². The summed E-state index contributed by atoms with van der Waals surface area (Å²) in [7, 11) is 0. The Morgan fingerprint density at radius 3 is 1.97 bits per heavy atom. The maximum Gasteiger partial charge on any atom is 0.347 e. The maximum atomic E-state index is 12.4. The zero-order chi connectivity index (χ0) is 29.5. The van der Waals surface area contributed by atoms with Crippen molar-refractivity contribution in [2.75, 3.05) is 19.3 Å². The van der Waals surface area contributed by atoms with Crippen molar-refractivity contribution in [1.82, 2.24) is 4.90 Å². The number of thioether (sulfide) groups is 1. The van der Waals surface area contributed by atoms with Gasteiger partial charge < -0.3 is 14.7 Å². The summed E-state index contributed by atoms with van der Waals surface area (Å²) in [5.74, 6) is 0.0864. The van der Waals surface area contributed by atoms with E-state index in [0.29, 0.717) is 5.75 Å². The predicted octanol–water partition coefficient (Wildman–Crippen LogP) is 8.43. The number of rotatable bonds is 7. The number of carbonyl (C=O) groups excluding carboxylic acids is 1. The minimum absolute atomic E-state index is 0.127. The third-order valence-corrected chi connectivity index (χ3v) is 6.50. The van der Waals surface area contributed by atoms with E-state index in [1.165, 1.54) is 11.3 Å². The predicted molar refractivity (Wildman–Crippen MR) is 163 cm³/mol. The van der Waals surface area contributed by atoms with E-state index < -0.39 is 11.6 Å². The Morgan fingerprint density at radius 1 is 1.08 bits per heavy atom. The molecule has 1 atom stereocenters. The summed E-state index contributed by atoms with van der Waals surface area (Å²) >= 11 is 1.69. The number of hydrogen-bond donors (Lipinski definition) is 1. The number of ketones is 1. The molecular formula is C32H49NO4S. The smallest absolute Gasteiger partial charge is 0.347 e. The van der Waals surface area contributed by atoms with Crippen LogP contribution in [0.4, 0.5) is 0 Å². The van der Waals surface area contributed by atoms with Crippen molar-refractivity contribution in [3.05, 3.63) is 71.4 Å². The first-order valence-corrected chi connectivity index (χ1v) is 14.7. The molecular weight excluding hydrogens is 494 g/mol. The average molecular weight is 544 g/mol. The number of benzene rings is 2. The van der Waals surface area contributed by atoms with Crippen LogP contribution in [-0.2, 0) is 4.79 Å². The van der Waals surface area contributed by atoms with Crippen LogP contribution in [0.15, 0.2) is 59.6 Å². The summed E-state index contributed by atoms with van der Waals surface area (Å²) in [6.45, 7) is 22.9. The monoisotopic (exact) mass is 543 g/mol. The highest BCUT2D eigenvalue weighted by Crippen LogP contribution is 2.27. The molecule has 2 aromatic rings. The molecule has 2 aromatic carbocycles. The Balaban J connectivity index is 0.000000624. The molecule has 1 heterocycles. The molecule has 0 aromatic heterocycles. The zero-order valence-corrected chi connectivity index (χ0v) is 26.0. The van der Waals surface area contributed by atoms with Crippen LogP contribution in [0, 0.1) is 19.8 Å². The van der Waals surface area contributed by atoms with Crippen LogP contribution in [0.25, 0.3) is 0 Å². The minimum Gasteiger partial charge on any atom is -0.478 e. The fourth-order valence-electron chi connectivity index (χ4n) is 3.57. The molecule has 1 N–H and O–H groups in total. The van der Waals surface area contributed by atoms with Crippen molar-refractivity contribution >= 4 is 23.5 Å². The van der Waals surface area contributed by atoms with Gasteiger partial charge in [0.2, 0.25) is 0 Å². The Hall–Kier alpha value is -2.73. The fourth-order valence-corrected chi connectivity index (χ4v) is 3.98. The number of likely N-dealkylation sites (tertiary alicyclic amines) is 1. The highest BCUT2D eigenvalue weighted by Gasteiger charge is 2.30. The van der Waals surface area contributed by atoms with Gasteiger partial charge in [0.1, 0.15) is 5.75 Å². The number of aliphatic carboxylic acids is 1. The second-order valence-electron chi connectivity index (χ2n) is 9.61. The van der Waals surface area contributed by atoms with Crippen LogP contribution >= 0.6 is 11.8 Å². The average Bonchev–Trinajstić information content (AvgIpc) is 3.39. The molecule has 6 heteroatoms. The second kappa shape index (κ2) is 17.7. The van der Waals surface area contributed by atoms with Gasteiger partial charge in [0.25, 0.3) is 0 Å². The van der Waals surface area contributed by atoms with Gasteiger partial charge in [-0.3, -0.25) is 4.79 Å². The van der Waals surface area contributed by atoms with Gasteiger partial charge in [0, 0.05) is 35.2 Å². The number of carboxylic acids is 1. The Labute approximate surface area is 235 Å². The van der Waals surface area contributed by atoms with Crippen LogP contribution in [0.3, 0.4) is 0 Å². The lowest BCUT2D eigenvalue weighted by Gasteiger charge is -2.23. The van der Waals surface area contributed by atoms with Gasteiger partial charge in [-0.1, -0.05) is 71.0 Å². The van der Waals surface area contributed by atoms with Crippen LogP contribution < -0.4 is 4.74 Å². The van der Waals surface area contributed by atoms with Crippen LogP contribution in [0.5, 0.6) is 5.75 Å². The van der Waals surface area contributed by atoms with E-state index in [1.807, 2.05) is 83.3 Å². The quantitative estimate of drug-likeness (QED) is 0.279. The third kappa shape index (κ3) is 11.3. The van der Waals surface area contributed by atoms with Gasteiger partial charge in [-0.2, -0.15) is 0 Å². The number of hydrogen-bond acceptors (Lipinski definition) is 5. The molecule has 1 saturated heterocycles. The maximum absolute atomic E-state index is 12.4. The molecule has 1 aliphatic heterocycles. The van der Waals surface area contributed by atoms with E-state index >= 15 is 0 Å². The number of Topliss-reactive ketones (excluding diaryl/α,β-unsaturated/α-hetero) is 1. The summed E-state index contributed by atoms with van der Waals surface area (Å²) in [6, 6.07) is 13.6. The topological polar surface area (TPSA) is 66.8 Å². The van der Waals surface area contributed by atoms with Gasteiger partial charge in [0.05, 0.1) is 0 Å². The molecule has 38 heavy (non-hydrogen) atoms. The standard InChI is InChI=1S/C15H19NOS.C12H16O3.C3H8.C2H6/c1-11(2)16-9-8-13(10-16)15(17)12-4-6-14(18-3)7-5-12;1-8-6-5-7-9(2)10(8)15-12(3,4)11(13)14;1-3-2;1-2/h4-7,13H,1,8-10H2,2-3H3;5-7H,1-4H3,(H,13,14);3H2,1-2H3;1-2H3. The summed E-state index contributed by atoms with van der Waals surface area (Å²) in [5, 5.41) is 8.96. The van der Waals surface area contributed by atoms with Crippen molar-refractivity contribution in [2.24, 2.45) is 5.92 Å². The van der Waals surface area contributed by atoms with Crippen LogP contribution in [-0.4, -0.2) is 46.7 Å². The SMILES string of the molecule is C=C(C)N1CCC(C(=O)c2ccc(SC)cc2)C1.CC.CCC.Cc1cccc(C)c1OC(C)(C)C(=O)O. The number of carboxylic acid groups (broad SMARTS) is 1. The molecule has 0 radical (unpaired) electrons. The third-order valence-electron chi connectivity index (χ3n) is 5.75. The molecule has 1 fully saturated rings. The van der Waals surface area contributed by atoms with E-state index in [2.05, 4.69) is 25.3 Å². The fraction of sp³-hybridized carbons (Fsp3) is 0.500. The van der Waals surface area contributed by atoms with Gasteiger partial charge in [-0.05, 0) is 70.6 Å². The van der Waals surface area contributed by atoms with Crippen molar-refractivity contribution in [2.45, 2.75) is 85.7 Å². The summed E-state index contributed by atoms with van der Waals surface area (Å²) in [6.07, 6.45) is 4.23. The molecule has 5 nitrogen and oxygen atoms in total. The van der Waals surface area contributed by atoms with E-state index in [4.69, 9.17) is 9.84 Å². The summed E-state index contributed by atoms with van der Waals surface area (Å²) in [5.41, 5.74) is 2.59. The van der Waals surface area contributed by atoms with Gasteiger partial charge in [-0.25, -0.2) is 4.79 Å². The first-order valence-electron chi connectivity index (χ1n) is 13.4. The number of allylic oxidation sites excluding steroid dienone is 1. The number of para-hydroxylation sites is 1. The molecule has 1 aliphatic rings. The van der Waals surface area contributed by atoms with Gasteiger partial charge >= 0.3 is 5.97 Å². The number of carbonyl (C=O) groups is 2. The normalized spacial score (nSPS) is 14.1. The van der Waals surface area contributed by atoms with Gasteiger partial charge in [-0.15, -0.1) is 11.8 Å². The van der Waals surface area contributed by atoms with E-state index in [1.54, 1.807) is 25.6 Å². The summed E-state index contributed by atoms with van der Waals surface area (Å²) < 4.78 is 5.53. The second-order valence-corrected chi connectivity index (χ2v) is 10.5. The number of ether oxygens (including phenoxy) is 1. The first-order chi connectivity index (χ1) is 17.9. The van der Waals surface area contributed by atoms with Crippen LogP contribution in [0.1, 0.15) is 82.8 Å². The Kier molecular flexibility index (Phi) is 16.4. The molecule has 212 valence electrons. The molecule has 0 aliphatic carbocycles. The lowest BCUT2D eigenvalue weighted by atomic mass is 9.97. The summed E-state index contributed by atoms with van der Waals surface area (Å²) in [4.78, 5) is 26.7. The molecule has 0 bridgehead atoms. The zero-order valence-electron chi connectivity index (χ0n) is 25.2. The largest absolute Gasteiger partial charge is 0.478 e. The molecule has 1 unspecified atom stereocenters. The molecule has 3 rings (SSSR count). The molecule has 0 spiro atoms. The number of aryl methyl sites for hydroxylation is 2. The first kappa shape index (κ1) is 35.3. The van der Waals surface area contributed by atoms with E-state index in [9.17, 15) is 9.59 Å². The molecule has 0 saturated carbocycles. The number of nitrogens with zero attached hydrogens (tertiary/aromatic N) is 1. The Bertz CT molecular complexity index is 994. The lowest BCUT2D eigenvalue weighted by Crippen LogP contribution is -2.38. The highest BCUT2D eigenvalue weighted by molar-refractivity contribution is 7.98. The lowest BCUT2D eigenvalue weighted by molar-refractivity contribution is -0.152. The van der Waals surface area contributed by atoms with E-state index in [-0.39, 0.29) is 11.7 Å². The minimum atomic E-state index is -1.20. The van der Waals surface area contributed by atoms with Crippen LogP contribution in [0.2, 0.25) is 0 Å². The van der Waals surface area contributed by atoms with Crippen molar-refractivity contribution < 1.29 is 19.4 Å². The van der Waals surface area contributed by atoms with E-state index in [0.717, 1.165) is 41.9 Å². The van der Waals surface area contributed by atoms with Gasteiger partial charge in [0.15, 0.2) is 11.4 Å².